The largest absolute Gasteiger partial charge is 0.494 e. The molecule has 0 saturated heterocycles. The third-order valence-electron chi connectivity index (χ3n) is 4.87. The summed E-state index contributed by atoms with van der Waals surface area (Å²) in [5.41, 5.74) is 0.788. The Morgan fingerprint density at radius 3 is 2.53 bits per heavy atom. The molecular formula is C23H29N3O4S2. The van der Waals surface area contributed by atoms with Crippen LogP contribution in [-0.2, 0) is 14.6 Å². The van der Waals surface area contributed by atoms with Gasteiger partial charge in [-0.1, -0.05) is 29.5 Å². The fourth-order valence-corrected chi connectivity index (χ4v) is 5.53. The summed E-state index contributed by atoms with van der Waals surface area (Å²) in [6.07, 6.45) is 0.656. The molecule has 0 spiro atoms. The zero-order chi connectivity index (χ0) is 23.1. The number of nitrogens with zero attached hydrogens (tertiary/aromatic N) is 3. The van der Waals surface area contributed by atoms with E-state index in [-0.39, 0.29) is 23.0 Å². The van der Waals surface area contributed by atoms with Gasteiger partial charge in [-0.25, -0.2) is 13.4 Å². The average molecular weight is 476 g/mol. The fourth-order valence-electron chi connectivity index (χ4n) is 3.24. The van der Waals surface area contributed by atoms with Gasteiger partial charge in [0.2, 0.25) is 5.91 Å². The monoisotopic (exact) mass is 475 g/mol. The van der Waals surface area contributed by atoms with E-state index in [9.17, 15) is 13.2 Å². The van der Waals surface area contributed by atoms with E-state index in [1.54, 1.807) is 35.2 Å². The highest BCUT2D eigenvalue weighted by Gasteiger charge is 2.23. The van der Waals surface area contributed by atoms with Crippen LogP contribution in [0.25, 0.3) is 10.2 Å². The molecule has 2 aromatic carbocycles. The summed E-state index contributed by atoms with van der Waals surface area (Å²) in [7, 11) is 0.425. The van der Waals surface area contributed by atoms with Crippen LogP contribution in [0.4, 0.5) is 5.13 Å². The molecule has 0 aliphatic rings. The zero-order valence-electron chi connectivity index (χ0n) is 18.7. The lowest BCUT2D eigenvalue weighted by Crippen LogP contribution is -2.34. The summed E-state index contributed by atoms with van der Waals surface area (Å²) in [5.74, 6) is 0.279. The lowest BCUT2D eigenvalue weighted by atomic mass is 10.3. The van der Waals surface area contributed by atoms with E-state index >= 15 is 0 Å². The third kappa shape index (κ3) is 6.27. The summed E-state index contributed by atoms with van der Waals surface area (Å²) in [6.45, 7) is 3.78. The van der Waals surface area contributed by atoms with Gasteiger partial charge in [-0.3, -0.25) is 9.69 Å². The van der Waals surface area contributed by atoms with E-state index in [0.29, 0.717) is 18.3 Å². The van der Waals surface area contributed by atoms with E-state index in [1.807, 2.05) is 39.2 Å². The SMILES string of the molecule is CCOc1ccc2nc(N(CCCN(C)C)C(=O)CCS(=O)(=O)c3ccccc3)sc2c1. The first kappa shape index (κ1) is 24.2. The Labute approximate surface area is 193 Å². The molecule has 0 aliphatic carbocycles. The van der Waals surface area contributed by atoms with Gasteiger partial charge in [0.15, 0.2) is 15.0 Å². The summed E-state index contributed by atoms with van der Waals surface area (Å²) in [5, 5.41) is 0.578. The van der Waals surface area contributed by atoms with Crippen LogP contribution in [-0.4, -0.2) is 63.8 Å². The third-order valence-corrected chi connectivity index (χ3v) is 7.64. The number of carbonyl (C=O) groups excluding carboxylic acids is 1. The summed E-state index contributed by atoms with van der Waals surface area (Å²) < 4.78 is 31.8. The Hall–Kier alpha value is -2.49. The topological polar surface area (TPSA) is 79.8 Å². The van der Waals surface area contributed by atoms with Crippen molar-refractivity contribution >= 4 is 42.4 Å². The fraction of sp³-hybridized carbons (Fsp3) is 0.391. The molecule has 0 radical (unpaired) electrons. The lowest BCUT2D eigenvalue weighted by molar-refractivity contribution is -0.118. The number of hydrogen-bond acceptors (Lipinski definition) is 7. The maximum Gasteiger partial charge on any atom is 0.229 e. The molecule has 7 nitrogen and oxygen atoms in total. The van der Waals surface area contributed by atoms with E-state index < -0.39 is 9.84 Å². The van der Waals surface area contributed by atoms with Crippen molar-refractivity contribution in [1.82, 2.24) is 9.88 Å². The molecule has 172 valence electrons. The summed E-state index contributed by atoms with van der Waals surface area (Å²) in [4.78, 5) is 21.7. The Balaban J connectivity index is 1.80. The quantitative estimate of drug-likeness (QED) is 0.419. The van der Waals surface area contributed by atoms with Crippen LogP contribution in [0.2, 0.25) is 0 Å². The van der Waals surface area contributed by atoms with Crippen molar-refractivity contribution in [3.63, 3.8) is 0 Å². The number of fused-ring (bicyclic) bond motifs is 1. The molecule has 0 saturated carbocycles. The molecule has 0 unspecified atom stereocenters. The molecule has 0 fully saturated rings. The van der Waals surface area contributed by atoms with Crippen LogP contribution in [0, 0.1) is 0 Å². The highest BCUT2D eigenvalue weighted by molar-refractivity contribution is 7.91. The van der Waals surface area contributed by atoms with E-state index in [0.717, 1.165) is 28.9 Å². The van der Waals surface area contributed by atoms with Crippen molar-refractivity contribution in [3.05, 3.63) is 48.5 Å². The number of anilines is 1. The first-order chi connectivity index (χ1) is 15.3. The molecule has 0 atom stereocenters. The second-order valence-corrected chi connectivity index (χ2v) is 10.8. The van der Waals surface area contributed by atoms with Crippen LogP contribution < -0.4 is 9.64 Å². The molecule has 1 aromatic heterocycles. The number of aromatic nitrogens is 1. The summed E-state index contributed by atoms with van der Waals surface area (Å²) in [6, 6.07) is 13.9. The second-order valence-electron chi connectivity index (χ2n) is 7.64. The van der Waals surface area contributed by atoms with Gasteiger partial charge >= 0.3 is 0 Å². The normalized spacial score (nSPS) is 11.8. The van der Waals surface area contributed by atoms with Gasteiger partial charge in [-0.2, -0.15) is 0 Å². The van der Waals surface area contributed by atoms with E-state index in [4.69, 9.17) is 4.74 Å². The molecule has 1 amide bonds. The van der Waals surface area contributed by atoms with Crippen molar-refractivity contribution in [2.24, 2.45) is 0 Å². The van der Waals surface area contributed by atoms with Crippen LogP contribution in [0.15, 0.2) is 53.4 Å². The molecule has 0 N–H and O–H groups in total. The molecule has 3 aromatic rings. The molecular weight excluding hydrogens is 446 g/mol. The van der Waals surface area contributed by atoms with Crippen LogP contribution in [0.5, 0.6) is 5.75 Å². The Kier molecular flexibility index (Phi) is 8.22. The molecule has 3 rings (SSSR count). The van der Waals surface area contributed by atoms with Crippen molar-refractivity contribution in [3.8, 4) is 5.75 Å². The molecule has 0 aliphatic heterocycles. The van der Waals surface area contributed by atoms with Gasteiger partial charge in [-0.15, -0.1) is 0 Å². The van der Waals surface area contributed by atoms with Crippen LogP contribution in [0.3, 0.4) is 0 Å². The van der Waals surface area contributed by atoms with Crippen LogP contribution in [0.1, 0.15) is 19.8 Å². The zero-order valence-corrected chi connectivity index (χ0v) is 20.3. The first-order valence-corrected chi connectivity index (χ1v) is 13.0. The lowest BCUT2D eigenvalue weighted by Gasteiger charge is -2.21. The number of rotatable bonds is 11. The summed E-state index contributed by atoms with van der Waals surface area (Å²) >= 11 is 1.41. The number of thiazole rings is 1. The molecule has 9 heteroatoms. The highest BCUT2D eigenvalue weighted by Crippen LogP contribution is 2.32. The predicted octanol–water partition coefficient (Wildman–Crippen LogP) is 3.84. The van der Waals surface area contributed by atoms with Gasteiger partial charge < -0.3 is 9.64 Å². The van der Waals surface area contributed by atoms with Gasteiger partial charge in [-0.05, 0) is 64.3 Å². The Bertz CT molecular complexity index is 1140. The number of amides is 1. The van der Waals surface area contributed by atoms with Gasteiger partial charge in [0.1, 0.15) is 5.75 Å². The maximum atomic E-state index is 13.1. The van der Waals surface area contributed by atoms with Gasteiger partial charge in [0.05, 0.1) is 27.5 Å². The van der Waals surface area contributed by atoms with Crippen LogP contribution >= 0.6 is 11.3 Å². The number of benzene rings is 2. The average Bonchev–Trinajstić information content (AvgIpc) is 3.19. The second kappa shape index (κ2) is 10.9. The van der Waals surface area contributed by atoms with Gasteiger partial charge in [0, 0.05) is 13.0 Å². The predicted molar refractivity (Wildman–Crippen MR) is 129 cm³/mol. The number of hydrogen-bond donors (Lipinski definition) is 0. The minimum atomic E-state index is -3.53. The minimum Gasteiger partial charge on any atom is -0.494 e. The standard InChI is InChI=1S/C23H29N3O4S2/c1-4-30-18-11-12-20-21(17-18)31-23(24-20)26(15-8-14-25(2)3)22(27)13-16-32(28,29)19-9-6-5-7-10-19/h5-7,9-12,17H,4,8,13-16H2,1-3H3. The van der Waals surface area contributed by atoms with Crippen molar-refractivity contribution in [1.29, 1.82) is 0 Å². The molecule has 32 heavy (non-hydrogen) atoms. The molecule has 1 heterocycles. The highest BCUT2D eigenvalue weighted by atomic mass is 32.2. The Morgan fingerprint density at radius 2 is 1.84 bits per heavy atom. The van der Waals surface area contributed by atoms with E-state index in [1.165, 1.54) is 11.3 Å². The maximum absolute atomic E-state index is 13.1. The number of ether oxygens (including phenoxy) is 1. The number of carbonyl (C=O) groups is 1. The van der Waals surface area contributed by atoms with E-state index in [2.05, 4.69) is 9.88 Å². The van der Waals surface area contributed by atoms with Crippen molar-refractivity contribution < 1.29 is 17.9 Å². The van der Waals surface area contributed by atoms with Gasteiger partial charge in [0.25, 0.3) is 0 Å². The van der Waals surface area contributed by atoms with Crippen molar-refractivity contribution in [2.45, 2.75) is 24.7 Å². The smallest absolute Gasteiger partial charge is 0.229 e. The number of sulfone groups is 1. The minimum absolute atomic E-state index is 0.0979. The molecule has 0 bridgehead atoms. The van der Waals surface area contributed by atoms with Crippen molar-refractivity contribution in [2.75, 3.05) is 44.4 Å². The Morgan fingerprint density at radius 1 is 1.09 bits per heavy atom. The first-order valence-electron chi connectivity index (χ1n) is 10.6.